The zero-order valence-corrected chi connectivity index (χ0v) is 16.9. The standard InChI is InChI=1S/C17H29N5O2S/c1-16(2,3)13(23)11-17(4,5)15(25)18-14-12-22(19-24-14)21-9-7-20(6)8-10-21/h12H,7-11H2,1-6H3. The van der Waals surface area contributed by atoms with Gasteiger partial charge in [0, 0.05) is 24.9 Å². The van der Waals surface area contributed by atoms with Crippen molar-refractivity contribution in [2.24, 2.45) is 10.8 Å². The third-order valence-corrected chi connectivity index (χ3v) is 5.09. The summed E-state index contributed by atoms with van der Waals surface area (Å²) in [5.41, 5.74) is -0.894. The van der Waals surface area contributed by atoms with E-state index < -0.39 is 5.41 Å². The number of Topliss-reactive ketones (excluding diaryl/α,β-unsaturated/α-hetero) is 1. The molecule has 0 aliphatic carbocycles. The molecule has 0 aromatic carbocycles. The lowest BCUT2D eigenvalue weighted by Gasteiger charge is -2.35. The Morgan fingerprint density at radius 3 is 2.44 bits per heavy atom. The zero-order valence-electron chi connectivity index (χ0n) is 16.1. The predicted octanol–water partition coefficient (Wildman–Crippen LogP) is 2.21. The number of carbonyl (C=O) groups excluding carboxylic acids is 1. The number of hydrogen-bond acceptors (Lipinski definition) is 6. The highest BCUT2D eigenvalue weighted by Gasteiger charge is 2.30. The second kappa shape index (κ2) is 7.37. The molecule has 1 aliphatic rings. The number of carbonyl (C=O) groups is 1. The van der Waals surface area contributed by atoms with Crippen LogP contribution in [0.15, 0.2) is 10.7 Å². The molecule has 2 heterocycles. The van der Waals surface area contributed by atoms with Gasteiger partial charge in [0.1, 0.15) is 11.7 Å². The summed E-state index contributed by atoms with van der Waals surface area (Å²) in [4.78, 5) is 16.7. The zero-order chi connectivity index (χ0) is 18.8. The van der Waals surface area contributed by atoms with E-state index >= 15 is 0 Å². The third kappa shape index (κ3) is 5.22. The SMILES string of the molecule is CN1CCN([n+]2cc([N-]C(=S)C(C)(C)CC(=O)C(C)(C)C)on2)CC1. The van der Waals surface area contributed by atoms with E-state index in [2.05, 4.69) is 27.5 Å². The van der Waals surface area contributed by atoms with Crippen LogP contribution in [0.2, 0.25) is 0 Å². The fraction of sp³-hybridized carbons (Fsp3) is 0.765. The molecule has 0 unspecified atom stereocenters. The summed E-state index contributed by atoms with van der Waals surface area (Å²) in [6.45, 7) is 13.3. The molecule has 1 fully saturated rings. The highest BCUT2D eigenvalue weighted by atomic mass is 32.1. The van der Waals surface area contributed by atoms with Gasteiger partial charge in [0.05, 0.1) is 17.9 Å². The summed E-state index contributed by atoms with van der Waals surface area (Å²) in [5, 5.41) is 10.5. The first kappa shape index (κ1) is 19.8. The summed E-state index contributed by atoms with van der Waals surface area (Å²) in [5.74, 6) is 0.528. The minimum absolute atomic E-state index is 0.167. The summed E-state index contributed by atoms with van der Waals surface area (Å²) in [6, 6.07) is 0. The lowest BCUT2D eigenvalue weighted by atomic mass is 9.79. The molecule has 1 saturated heterocycles. The third-order valence-electron chi connectivity index (χ3n) is 4.44. The number of rotatable bonds is 5. The largest absolute Gasteiger partial charge is 0.613 e. The maximum absolute atomic E-state index is 12.3. The van der Waals surface area contributed by atoms with Gasteiger partial charge in [-0.3, -0.25) is 4.79 Å². The Bertz CT molecular complexity index is 627. The first-order chi connectivity index (χ1) is 11.5. The van der Waals surface area contributed by atoms with Crippen LogP contribution in [0.4, 0.5) is 5.88 Å². The number of aromatic nitrogens is 2. The first-order valence-electron chi connectivity index (χ1n) is 8.61. The maximum atomic E-state index is 12.3. The molecular formula is C17H29N5O2S. The average molecular weight is 368 g/mol. The van der Waals surface area contributed by atoms with Gasteiger partial charge in [-0.25, -0.2) is 0 Å². The Balaban J connectivity index is 1.97. The minimum Gasteiger partial charge on any atom is -0.613 e. The molecule has 140 valence electrons. The second-order valence-corrected chi connectivity index (χ2v) is 8.76. The average Bonchev–Trinajstić information content (AvgIpc) is 2.95. The molecule has 0 saturated carbocycles. The predicted molar refractivity (Wildman–Crippen MR) is 101 cm³/mol. The summed E-state index contributed by atoms with van der Waals surface area (Å²) >= 11 is 5.46. The van der Waals surface area contributed by atoms with E-state index in [4.69, 9.17) is 16.7 Å². The Morgan fingerprint density at radius 2 is 1.88 bits per heavy atom. The van der Waals surface area contributed by atoms with Crippen LogP contribution in [0.3, 0.4) is 0 Å². The topological polar surface area (TPSA) is 67.6 Å². The molecule has 7 nitrogen and oxygen atoms in total. The highest BCUT2D eigenvalue weighted by Crippen LogP contribution is 2.33. The number of hydrogen-bond donors (Lipinski definition) is 0. The van der Waals surface area contributed by atoms with Gasteiger partial charge in [-0.2, -0.15) is 5.01 Å². The van der Waals surface area contributed by atoms with Crippen LogP contribution >= 0.6 is 12.2 Å². The molecular weight excluding hydrogens is 338 g/mol. The van der Waals surface area contributed by atoms with Crippen LogP contribution in [0.1, 0.15) is 41.0 Å². The van der Waals surface area contributed by atoms with E-state index in [-0.39, 0.29) is 11.2 Å². The van der Waals surface area contributed by atoms with Crippen molar-refractivity contribution in [2.75, 3.05) is 38.2 Å². The smallest absolute Gasteiger partial charge is 0.257 e. The summed E-state index contributed by atoms with van der Waals surface area (Å²) in [7, 11) is 2.10. The Hall–Kier alpha value is -1.54. The molecule has 1 aliphatic heterocycles. The van der Waals surface area contributed by atoms with Gasteiger partial charge < -0.3 is 14.7 Å². The van der Waals surface area contributed by atoms with Gasteiger partial charge >= 0.3 is 0 Å². The van der Waals surface area contributed by atoms with Crippen molar-refractivity contribution in [1.82, 2.24) is 10.2 Å². The van der Waals surface area contributed by atoms with Crippen molar-refractivity contribution >= 4 is 28.9 Å². The van der Waals surface area contributed by atoms with E-state index in [1.165, 1.54) is 0 Å². The van der Waals surface area contributed by atoms with Crippen LogP contribution in [-0.4, -0.2) is 54.2 Å². The van der Waals surface area contributed by atoms with Crippen molar-refractivity contribution < 1.29 is 14.1 Å². The molecule has 0 amide bonds. The molecule has 25 heavy (non-hydrogen) atoms. The normalized spacial score (nSPS) is 16.8. The molecule has 0 bridgehead atoms. The number of nitrogens with zero attached hydrogens (tertiary/aromatic N) is 5. The summed E-state index contributed by atoms with van der Waals surface area (Å²) in [6.07, 6.45) is 2.09. The minimum atomic E-state index is -0.509. The maximum Gasteiger partial charge on any atom is 0.257 e. The van der Waals surface area contributed by atoms with Crippen LogP contribution in [0.25, 0.3) is 5.32 Å². The van der Waals surface area contributed by atoms with Crippen molar-refractivity contribution in [1.29, 1.82) is 0 Å². The van der Waals surface area contributed by atoms with Gasteiger partial charge in [0.15, 0.2) is 0 Å². The number of ketones is 1. The van der Waals surface area contributed by atoms with Crippen molar-refractivity contribution in [3.63, 3.8) is 0 Å². The summed E-state index contributed by atoms with van der Waals surface area (Å²) < 4.78 is 5.30. The lowest BCUT2D eigenvalue weighted by Crippen LogP contribution is -2.64. The highest BCUT2D eigenvalue weighted by molar-refractivity contribution is 7.80. The quantitative estimate of drug-likeness (QED) is 0.587. The van der Waals surface area contributed by atoms with Gasteiger partial charge in [-0.05, 0) is 12.5 Å². The Labute approximate surface area is 155 Å². The molecule has 0 atom stereocenters. The van der Waals surface area contributed by atoms with E-state index in [1.807, 2.05) is 34.6 Å². The number of thiocarbonyl (C=S) groups is 1. The van der Waals surface area contributed by atoms with E-state index in [9.17, 15) is 4.79 Å². The van der Waals surface area contributed by atoms with E-state index in [1.54, 1.807) is 11.0 Å². The van der Waals surface area contributed by atoms with E-state index in [0.717, 1.165) is 26.2 Å². The molecule has 0 radical (unpaired) electrons. The fourth-order valence-electron chi connectivity index (χ4n) is 2.41. The van der Waals surface area contributed by atoms with Gasteiger partial charge in [0.2, 0.25) is 5.27 Å². The lowest BCUT2D eigenvalue weighted by molar-refractivity contribution is -0.759. The van der Waals surface area contributed by atoms with Crippen LogP contribution in [0, 0.1) is 10.8 Å². The molecule has 1 aromatic rings. The van der Waals surface area contributed by atoms with Crippen molar-refractivity contribution in [2.45, 2.75) is 41.0 Å². The van der Waals surface area contributed by atoms with Crippen molar-refractivity contribution in [3.8, 4) is 0 Å². The van der Waals surface area contributed by atoms with Gasteiger partial charge in [-0.15, -0.1) is 12.2 Å². The Morgan fingerprint density at radius 1 is 1.28 bits per heavy atom. The van der Waals surface area contributed by atoms with E-state index in [0.29, 0.717) is 17.3 Å². The first-order valence-corrected chi connectivity index (χ1v) is 9.02. The van der Waals surface area contributed by atoms with Crippen molar-refractivity contribution in [3.05, 3.63) is 11.5 Å². The Kier molecular flexibility index (Phi) is 5.83. The van der Waals surface area contributed by atoms with Gasteiger partial charge in [0.25, 0.3) is 6.20 Å². The second-order valence-electron chi connectivity index (χ2n) is 8.37. The molecule has 2 rings (SSSR count). The number of piperazine rings is 1. The van der Waals surface area contributed by atoms with Crippen LogP contribution < -0.4 is 9.80 Å². The molecule has 8 heteroatoms. The molecule has 1 aromatic heterocycles. The number of likely N-dealkylation sites (N-methyl/N-ethyl adjacent to an activating group) is 1. The fourth-order valence-corrected chi connectivity index (χ4v) is 2.57. The monoisotopic (exact) mass is 367 g/mol. The van der Waals surface area contributed by atoms with Gasteiger partial charge in [-0.1, -0.05) is 39.6 Å². The van der Waals surface area contributed by atoms with Crippen LogP contribution in [0.5, 0.6) is 0 Å². The van der Waals surface area contributed by atoms with Crippen LogP contribution in [-0.2, 0) is 4.79 Å². The molecule has 0 N–H and O–H groups in total. The molecule has 0 spiro atoms.